The van der Waals surface area contributed by atoms with Gasteiger partial charge in [-0.05, 0) is 78.1 Å². The molecule has 0 radical (unpaired) electrons. The highest BCUT2D eigenvalue weighted by atomic mass is 35.5. The minimum Gasteiger partial charge on any atom is -0.392 e. The summed E-state index contributed by atoms with van der Waals surface area (Å²) in [7, 11) is -2.54. The number of hydrogen-bond donors (Lipinski definition) is 3. The number of alkyl halides is 4. The molecule has 332 valence electrons. The van der Waals surface area contributed by atoms with Crippen molar-refractivity contribution in [1.82, 2.24) is 39.4 Å². The maximum atomic E-state index is 15.5. The van der Waals surface area contributed by atoms with Crippen LogP contribution in [0.25, 0.3) is 38.9 Å². The number of benzene rings is 3. The lowest BCUT2D eigenvalue weighted by Gasteiger charge is -2.24. The number of fused-ring (bicyclic) bond motifs is 5. The summed E-state index contributed by atoms with van der Waals surface area (Å²) in [6, 6.07) is 9.77. The Balaban J connectivity index is 1.27. The molecule has 9 rings (SSSR count). The van der Waals surface area contributed by atoms with Gasteiger partial charge in [0.2, 0.25) is 15.9 Å². The molecular formula is C41H31ClF7N9O5S. The monoisotopic (exact) mass is 929 g/mol. The molecular weight excluding hydrogens is 899 g/mol. The van der Waals surface area contributed by atoms with E-state index in [-0.39, 0.29) is 72.8 Å². The van der Waals surface area contributed by atoms with Gasteiger partial charge in [-0.15, -0.1) is 0 Å². The first-order chi connectivity index (χ1) is 30.2. The molecule has 3 aromatic carbocycles. The van der Waals surface area contributed by atoms with Crippen LogP contribution in [0.4, 0.5) is 36.6 Å². The molecule has 4 heterocycles. The molecule has 0 spiro atoms. The molecule has 1 amide bonds. The maximum absolute atomic E-state index is 15.5. The van der Waals surface area contributed by atoms with E-state index in [2.05, 4.69) is 25.2 Å². The van der Waals surface area contributed by atoms with Gasteiger partial charge in [-0.25, -0.2) is 40.3 Å². The van der Waals surface area contributed by atoms with Crippen molar-refractivity contribution in [2.75, 3.05) is 11.0 Å². The van der Waals surface area contributed by atoms with Crippen LogP contribution in [-0.2, 0) is 47.4 Å². The Morgan fingerprint density at radius 2 is 1.73 bits per heavy atom. The van der Waals surface area contributed by atoms with Gasteiger partial charge in [0.1, 0.15) is 41.2 Å². The largest absolute Gasteiger partial charge is 0.392 e. The van der Waals surface area contributed by atoms with Crippen LogP contribution in [0.5, 0.6) is 0 Å². The molecule has 2 unspecified atom stereocenters. The average Bonchev–Trinajstić information content (AvgIpc) is 3.75. The first-order valence-corrected chi connectivity index (χ1v) is 21.5. The fourth-order valence-electron chi connectivity index (χ4n) is 8.55. The van der Waals surface area contributed by atoms with Gasteiger partial charge in [-0.3, -0.25) is 28.2 Å². The summed E-state index contributed by atoms with van der Waals surface area (Å²) in [6.45, 7) is -1.65. The summed E-state index contributed by atoms with van der Waals surface area (Å²) in [4.78, 5) is 38.4. The number of aliphatic hydroxyl groups excluding tert-OH is 1. The van der Waals surface area contributed by atoms with Crippen LogP contribution in [-0.4, -0.2) is 59.8 Å². The molecule has 0 bridgehead atoms. The van der Waals surface area contributed by atoms with Crippen molar-refractivity contribution >= 4 is 55.3 Å². The zero-order valence-electron chi connectivity index (χ0n) is 33.1. The molecule has 4 aromatic heterocycles. The molecule has 7 aromatic rings. The van der Waals surface area contributed by atoms with Gasteiger partial charge in [0.15, 0.2) is 11.5 Å². The predicted molar refractivity (Wildman–Crippen MR) is 217 cm³/mol. The average molecular weight is 930 g/mol. The number of rotatable bonds is 12. The molecule has 1 fully saturated rings. The van der Waals surface area contributed by atoms with E-state index < -0.39 is 106 Å². The van der Waals surface area contributed by atoms with Crippen molar-refractivity contribution in [3.8, 4) is 16.9 Å². The standard InChI is InChI=1S/C41H31ClF7N9O5S/c1-56-34-29(8-6-26(42)32(34)38(54-56)55-64(2,62)63)58-39(52-37-23(40(58)61)5-7-27(51-37)22-4-3-19(43)12-18(22)16-59)28(11-17-9-20(44)13-21(45)10-17)50-30(60)15-57-35-31(33(53-57)36(46)47)24-14-25(24)41(35,48)49/h3-10,12-13,24-25,28,36,59H,11,14-16H2,1-2H3,(H,50,60)(H,54,55)/t24?,25?,28-/m0/s1. The topological polar surface area (TPSA) is 179 Å². The van der Waals surface area contributed by atoms with Crippen LogP contribution in [0.15, 0.2) is 65.5 Å². The number of aliphatic hydroxyl groups is 1. The summed E-state index contributed by atoms with van der Waals surface area (Å²) in [5.41, 5.74) is -2.84. The van der Waals surface area contributed by atoms with E-state index in [1.807, 2.05) is 0 Å². The van der Waals surface area contributed by atoms with Gasteiger partial charge in [-0.2, -0.15) is 19.0 Å². The van der Waals surface area contributed by atoms with E-state index in [0.717, 1.165) is 35.1 Å². The first-order valence-electron chi connectivity index (χ1n) is 19.2. The van der Waals surface area contributed by atoms with E-state index in [0.29, 0.717) is 10.7 Å². The Morgan fingerprint density at radius 1 is 1.00 bits per heavy atom. The Morgan fingerprint density at radius 3 is 2.42 bits per heavy atom. The third-order valence-electron chi connectivity index (χ3n) is 11.2. The number of halogens is 8. The van der Waals surface area contributed by atoms with Crippen molar-refractivity contribution in [2.24, 2.45) is 13.0 Å². The van der Waals surface area contributed by atoms with Gasteiger partial charge in [0, 0.05) is 36.6 Å². The van der Waals surface area contributed by atoms with Crippen LogP contribution < -0.4 is 15.6 Å². The summed E-state index contributed by atoms with van der Waals surface area (Å²) in [5, 5.41) is 20.5. The number of sulfonamides is 1. The summed E-state index contributed by atoms with van der Waals surface area (Å²) >= 11 is 6.61. The lowest BCUT2D eigenvalue weighted by atomic mass is 10.0. The normalized spacial score (nSPS) is 16.9. The number of carbonyl (C=O) groups is 1. The molecule has 3 N–H and O–H groups in total. The molecule has 1 saturated carbocycles. The number of aromatic nitrogens is 7. The van der Waals surface area contributed by atoms with E-state index in [9.17, 15) is 40.3 Å². The van der Waals surface area contributed by atoms with Gasteiger partial charge in [-0.1, -0.05) is 11.6 Å². The number of hydrogen-bond acceptors (Lipinski definition) is 9. The third-order valence-corrected chi connectivity index (χ3v) is 12.1. The van der Waals surface area contributed by atoms with Gasteiger partial charge < -0.3 is 10.4 Å². The van der Waals surface area contributed by atoms with Crippen molar-refractivity contribution in [2.45, 2.75) is 50.3 Å². The van der Waals surface area contributed by atoms with Crippen molar-refractivity contribution < 1.29 is 49.1 Å². The highest BCUT2D eigenvalue weighted by Gasteiger charge is 2.67. The van der Waals surface area contributed by atoms with Gasteiger partial charge in [0.05, 0.1) is 51.6 Å². The molecule has 2 aliphatic rings. The number of anilines is 1. The Kier molecular flexibility index (Phi) is 10.3. The smallest absolute Gasteiger partial charge is 0.293 e. The van der Waals surface area contributed by atoms with E-state index in [1.54, 1.807) is 0 Å². The molecule has 3 atom stereocenters. The van der Waals surface area contributed by atoms with Crippen molar-refractivity contribution in [3.63, 3.8) is 0 Å². The highest BCUT2D eigenvalue weighted by molar-refractivity contribution is 7.92. The third kappa shape index (κ3) is 7.41. The van der Waals surface area contributed by atoms with Crippen LogP contribution >= 0.6 is 11.6 Å². The minimum atomic E-state index is -3.95. The number of nitrogens with one attached hydrogen (secondary N) is 2. The van der Waals surface area contributed by atoms with Gasteiger partial charge in [0.25, 0.3) is 17.9 Å². The quantitative estimate of drug-likeness (QED) is 0.112. The second-order valence-electron chi connectivity index (χ2n) is 15.6. The second kappa shape index (κ2) is 15.4. The summed E-state index contributed by atoms with van der Waals surface area (Å²) in [6.07, 6.45) is -2.95. The number of amides is 1. The van der Waals surface area contributed by atoms with Crippen molar-refractivity contribution in [1.29, 1.82) is 0 Å². The lowest BCUT2D eigenvalue weighted by molar-refractivity contribution is -0.123. The lowest BCUT2D eigenvalue weighted by Crippen LogP contribution is -2.38. The van der Waals surface area contributed by atoms with Crippen LogP contribution in [0.3, 0.4) is 0 Å². The first kappa shape index (κ1) is 42.9. The Labute approximate surface area is 361 Å². The molecule has 2 aliphatic carbocycles. The summed E-state index contributed by atoms with van der Waals surface area (Å²) < 4.78 is 133. The van der Waals surface area contributed by atoms with Crippen molar-refractivity contribution in [3.05, 3.63) is 127 Å². The molecule has 64 heavy (non-hydrogen) atoms. The van der Waals surface area contributed by atoms with E-state index in [4.69, 9.17) is 16.6 Å². The number of aryl methyl sites for hydroxylation is 1. The van der Waals surface area contributed by atoms with E-state index in [1.165, 1.54) is 42.1 Å². The Bertz CT molecular complexity index is 3270. The Hall–Kier alpha value is -6.39. The molecule has 0 aliphatic heterocycles. The fraction of sp³-hybridized carbons (Fsp3) is 0.268. The predicted octanol–water partition coefficient (Wildman–Crippen LogP) is 6.71. The zero-order valence-corrected chi connectivity index (χ0v) is 34.6. The number of carbonyl (C=O) groups excluding carboxylic acids is 1. The second-order valence-corrected chi connectivity index (χ2v) is 17.7. The van der Waals surface area contributed by atoms with E-state index >= 15 is 13.6 Å². The van der Waals surface area contributed by atoms with Crippen LogP contribution in [0, 0.1) is 23.4 Å². The summed E-state index contributed by atoms with van der Waals surface area (Å²) in [5.74, 6) is -10.1. The number of pyridine rings is 1. The van der Waals surface area contributed by atoms with Gasteiger partial charge >= 0.3 is 0 Å². The zero-order chi connectivity index (χ0) is 45.7. The maximum Gasteiger partial charge on any atom is 0.293 e. The molecule has 14 nitrogen and oxygen atoms in total. The SMILES string of the molecule is Cn1nc(NS(C)(=O)=O)c2c(Cl)ccc(-n3c([C@H](Cc4cc(F)cc(F)c4)NC(=O)Cn4nc(C(F)F)c5c4C(F)(F)C4CC54)nc4nc(-c5ccc(F)cc5CO)ccc4c3=O)c21. The van der Waals surface area contributed by atoms with Crippen LogP contribution in [0.1, 0.15) is 58.7 Å². The fourth-order valence-corrected chi connectivity index (χ4v) is 9.29. The number of nitrogens with zero attached hydrogens (tertiary/aromatic N) is 7. The molecule has 23 heteroatoms. The minimum absolute atomic E-state index is 0.0143. The van der Waals surface area contributed by atoms with Crippen LogP contribution in [0.2, 0.25) is 5.02 Å². The highest BCUT2D eigenvalue weighted by Crippen LogP contribution is 2.68. The molecule has 0 saturated heterocycles.